The second-order valence-electron chi connectivity index (χ2n) is 4.68. The average Bonchev–Trinajstić information content (AvgIpc) is 2.91. The first kappa shape index (κ1) is 15.9. The van der Waals surface area contributed by atoms with Gasteiger partial charge in [-0.05, 0) is 19.9 Å². The van der Waals surface area contributed by atoms with E-state index in [0.29, 0.717) is 13.2 Å². The standard InChI is InChI=1S/C16H22N2O2S/c1-4-20-14-8-6-5-7-13(14)15(17-9-10-19-3)16-18-12(2)11-21-16/h5-8,11,15,17H,4,9-10H2,1-3H3. The third-order valence-electron chi connectivity index (χ3n) is 3.07. The van der Waals surface area contributed by atoms with E-state index in [-0.39, 0.29) is 6.04 Å². The first-order valence-corrected chi connectivity index (χ1v) is 8.00. The zero-order valence-corrected chi connectivity index (χ0v) is 13.6. The Morgan fingerprint density at radius 2 is 2.14 bits per heavy atom. The van der Waals surface area contributed by atoms with Gasteiger partial charge in [0.25, 0.3) is 0 Å². The minimum absolute atomic E-state index is 0.0293. The summed E-state index contributed by atoms with van der Waals surface area (Å²) in [5.74, 6) is 0.905. The van der Waals surface area contributed by atoms with Crippen LogP contribution in [0.4, 0.5) is 0 Å². The van der Waals surface area contributed by atoms with Gasteiger partial charge < -0.3 is 14.8 Å². The number of rotatable bonds is 8. The lowest BCUT2D eigenvalue weighted by molar-refractivity contribution is 0.197. The van der Waals surface area contributed by atoms with Crippen LogP contribution in [0, 0.1) is 6.92 Å². The fourth-order valence-electron chi connectivity index (χ4n) is 2.15. The van der Waals surface area contributed by atoms with E-state index in [2.05, 4.69) is 21.7 Å². The molecule has 0 amide bonds. The van der Waals surface area contributed by atoms with E-state index in [9.17, 15) is 0 Å². The molecule has 0 aliphatic carbocycles. The molecule has 0 aliphatic rings. The van der Waals surface area contributed by atoms with E-state index >= 15 is 0 Å². The minimum Gasteiger partial charge on any atom is -0.494 e. The molecular weight excluding hydrogens is 284 g/mol. The normalized spacial score (nSPS) is 12.3. The summed E-state index contributed by atoms with van der Waals surface area (Å²) in [7, 11) is 1.71. The van der Waals surface area contributed by atoms with E-state index < -0.39 is 0 Å². The van der Waals surface area contributed by atoms with Crippen LogP contribution in [0.15, 0.2) is 29.6 Å². The van der Waals surface area contributed by atoms with Gasteiger partial charge in [-0.2, -0.15) is 0 Å². The molecule has 0 bridgehead atoms. The second-order valence-corrected chi connectivity index (χ2v) is 5.57. The topological polar surface area (TPSA) is 43.4 Å². The van der Waals surface area contributed by atoms with Crippen molar-refractivity contribution in [2.45, 2.75) is 19.9 Å². The summed E-state index contributed by atoms with van der Waals surface area (Å²) in [4.78, 5) is 4.63. The Balaban J connectivity index is 2.30. The highest BCUT2D eigenvalue weighted by atomic mass is 32.1. The summed E-state index contributed by atoms with van der Waals surface area (Å²) in [6, 6.07) is 8.15. The van der Waals surface area contributed by atoms with Crippen LogP contribution in [0.25, 0.3) is 0 Å². The Hall–Kier alpha value is -1.43. The van der Waals surface area contributed by atoms with Crippen molar-refractivity contribution in [1.82, 2.24) is 10.3 Å². The van der Waals surface area contributed by atoms with Gasteiger partial charge >= 0.3 is 0 Å². The molecule has 0 saturated carbocycles. The van der Waals surface area contributed by atoms with Crippen LogP contribution in [0.3, 0.4) is 0 Å². The predicted molar refractivity (Wildman–Crippen MR) is 86.2 cm³/mol. The lowest BCUT2D eigenvalue weighted by atomic mass is 10.1. The molecule has 1 aromatic carbocycles. The van der Waals surface area contributed by atoms with Crippen LogP contribution in [0.5, 0.6) is 5.75 Å². The van der Waals surface area contributed by atoms with Crippen molar-refractivity contribution in [2.24, 2.45) is 0 Å². The number of thiazole rings is 1. The number of ether oxygens (including phenoxy) is 2. The molecule has 0 spiro atoms. The maximum atomic E-state index is 5.76. The molecule has 1 unspecified atom stereocenters. The zero-order valence-electron chi connectivity index (χ0n) is 12.8. The van der Waals surface area contributed by atoms with Gasteiger partial charge in [-0.15, -0.1) is 11.3 Å². The Kier molecular flexibility index (Phi) is 6.17. The number of aromatic nitrogens is 1. The third-order valence-corrected chi connectivity index (χ3v) is 4.10. The number of nitrogens with zero attached hydrogens (tertiary/aromatic N) is 1. The van der Waals surface area contributed by atoms with Crippen molar-refractivity contribution >= 4 is 11.3 Å². The fourth-order valence-corrected chi connectivity index (χ4v) is 3.03. The van der Waals surface area contributed by atoms with Gasteiger partial charge in [-0.25, -0.2) is 4.98 Å². The largest absolute Gasteiger partial charge is 0.494 e. The number of aryl methyl sites for hydroxylation is 1. The van der Waals surface area contributed by atoms with E-state index in [1.807, 2.05) is 32.0 Å². The molecule has 1 N–H and O–H groups in total. The molecule has 2 aromatic rings. The summed E-state index contributed by atoms with van der Waals surface area (Å²) in [5.41, 5.74) is 2.16. The Morgan fingerprint density at radius 1 is 1.33 bits per heavy atom. The average molecular weight is 306 g/mol. The minimum atomic E-state index is 0.0293. The molecule has 21 heavy (non-hydrogen) atoms. The third kappa shape index (κ3) is 4.27. The summed E-state index contributed by atoms with van der Waals surface area (Å²) in [6.07, 6.45) is 0. The number of nitrogens with one attached hydrogen (secondary N) is 1. The lowest BCUT2D eigenvalue weighted by Gasteiger charge is -2.20. The molecule has 2 rings (SSSR count). The quantitative estimate of drug-likeness (QED) is 0.761. The highest BCUT2D eigenvalue weighted by Crippen LogP contribution is 2.31. The molecule has 1 heterocycles. The van der Waals surface area contributed by atoms with Crippen LogP contribution in [-0.2, 0) is 4.74 Å². The number of benzene rings is 1. The van der Waals surface area contributed by atoms with Gasteiger partial charge in [0.1, 0.15) is 10.8 Å². The first-order valence-electron chi connectivity index (χ1n) is 7.12. The predicted octanol–water partition coefficient (Wildman–Crippen LogP) is 3.18. The van der Waals surface area contributed by atoms with Crippen molar-refractivity contribution < 1.29 is 9.47 Å². The van der Waals surface area contributed by atoms with Crippen LogP contribution in [0.2, 0.25) is 0 Å². The second kappa shape index (κ2) is 8.12. The molecule has 1 aromatic heterocycles. The monoisotopic (exact) mass is 306 g/mol. The maximum Gasteiger partial charge on any atom is 0.124 e. The molecule has 5 heteroatoms. The van der Waals surface area contributed by atoms with Crippen molar-refractivity contribution in [3.05, 3.63) is 45.9 Å². The van der Waals surface area contributed by atoms with Gasteiger partial charge in [0, 0.05) is 30.3 Å². The van der Waals surface area contributed by atoms with Gasteiger partial charge in [-0.3, -0.25) is 0 Å². The highest BCUT2D eigenvalue weighted by Gasteiger charge is 2.20. The Labute approximate surface area is 130 Å². The smallest absolute Gasteiger partial charge is 0.124 e. The van der Waals surface area contributed by atoms with E-state index in [1.54, 1.807) is 18.4 Å². The molecule has 0 aliphatic heterocycles. The molecule has 0 fully saturated rings. The molecule has 4 nitrogen and oxygen atoms in total. The Bertz CT molecular complexity index is 557. The SMILES string of the molecule is CCOc1ccccc1C(NCCOC)c1nc(C)cs1. The van der Waals surface area contributed by atoms with E-state index in [1.165, 1.54) is 0 Å². The van der Waals surface area contributed by atoms with E-state index in [4.69, 9.17) is 9.47 Å². The lowest BCUT2D eigenvalue weighted by Crippen LogP contribution is -2.26. The zero-order chi connectivity index (χ0) is 15.1. The summed E-state index contributed by atoms with van der Waals surface area (Å²) < 4.78 is 10.9. The van der Waals surface area contributed by atoms with Crippen molar-refractivity contribution in [2.75, 3.05) is 26.9 Å². The van der Waals surface area contributed by atoms with Crippen molar-refractivity contribution in [3.63, 3.8) is 0 Å². The number of para-hydroxylation sites is 1. The summed E-state index contributed by atoms with van der Waals surface area (Å²) >= 11 is 1.67. The van der Waals surface area contributed by atoms with Crippen LogP contribution >= 0.6 is 11.3 Å². The molecule has 0 saturated heterocycles. The molecular formula is C16H22N2O2S. The summed E-state index contributed by atoms with van der Waals surface area (Å²) in [5, 5.41) is 6.63. The molecule has 114 valence electrons. The first-order chi connectivity index (χ1) is 10.3. The number of hydrogen-bond donors (Lipinski definition) is 1. The summed E-state index contributed by atoms with van der Waals surface area (Å²) in [6.45, 7) is 6.09. The maximum absolute atomic E-state index is 5.76. The van der Waals surface area contributed by atoms with Crippen LogP contribution in [-0.4, -0.2) is 31.9 Å². The van der Waals surface area contributed by atoms with Gasteiger partial charge in [0.15, 0.2) is 0 Å². The van der Waals surface area contributed by atoms with Gasteiger partial charge in [-0.1, -0.05) is 18.2 Å². The van der Waals surface area contributed by atoms with Gasteiger partial charge in [0.05, 0.1) is 19.3 Å². The van der Waals surface area contributed by atoms with Crippen molar-refractivity contribution in [1.29, 1.82) is 0 Å². The highest BCUT2D eigenvalue weighted by molar-refractivity contribution is 7.09. The van der Waals surface area contributed by atoms with Crippen LogP contribution in [0.1, 0.15) is 29.2 Å². The fraction of sp³-hybridized carbons (Fsp3) is 0.438. The number of hydrogen-bond acceptors (Lipinski definition) is 5. The molecule has 0 radical (unpaired) electrons. The van der Waals surface area contributed by atoms with E-state index in [0.717, 1.165) is 28.6 Å². The van der Waals surface area contributed by atoms with Crippen molar-refractivity contribution in [3.8, 4) is 5.75 Å². The number of methoxy groups -OCH3 is 1. The van der Waals surface area contributed by atoms with Crippen LogP contribution < -0.4 is 10.1 Å². The molecule has 1 atom stereocenters. The Morgan fingerprint density at radius 3 is 2.81 bits per heavy atom. The van der Waals surface area contributed by atoms with Gasteiger partial charge in [0.2, 0.25) is 0 Å².